The van der Waals surface area contributed by atoms with Gasteiger partial charge in [0.15, 0.2) is 5.78 Å². The normalized spacial score (nSPS) is 10.5. The van der Waals surface area contributed by atoms with Crippen LogP contribution in [0.1, 0.15) is 15.9 Å². The molecule has 0 radical (unpaired) electrons. The second-order valence-electron chi connectivity index (χ2n) is 3.94. The summed E-state index contributed by atoms with van der Waals surface area (Å²) in [6.07, 6.45) is -0.236. The van der Waals surface area contributed by atoms with Crippen molar-refractivity contribution in [1.29, 1.82) is 0 Å². The van der Waals surface area contributed by atoms with E-state index < -0.39 is 17.4 Å². The Bertz CT molecular complexity index is 643. The minimum Gasteiger partial charge on any atom is -0.294 e. The molecule has 0 heterocycles. The zero-order valence-electron chi connectivity index (χ0n) is 9.59. The van der Waals surface area contributed by atoms with Crippen LogP contribution in [0.25, 0.3) is 0 Å². The molecule has 0 aromatic heterocycles. The van der Waals surface area contributed by atoms with Gasteiger partial charge in [0.1, 0.15) is 11.6 Å². The predicted octanol–water partition coefficient (Wildman–Crippen LogP) is 4.81. The summed E-state index contributed by atoms with van der Waals surface area (Å²) in [5, 5.41) is -0.0555. The van der Waals surface area contributed by atoms with E-state index in [0.717, 1.165) is 0 Å². The van der Waals surface area contributed by atoms with Crippen LogP contribution >= 0.6 is 27.5 Å². The Morgan fingerprint density at radius 2 is 1.95 bits per heavy atom. The first-order chi connectivity index (χ1) is 8.99. The molecule has 2 rings (SSSR count). The topological polar surface area (TPSA) is 17.1 Å². The molecular formula is C14H8BrClF2O. The molecule has 0 fully saturated rings. The third kappa shape index (κ3) is 3.19. The van der Waals surface area contributed by atoms with Gasteiger partial charge in [-0.25, -0.2) is 8.78 Å². The summed E-state index contributed by atoms with van der Waals surface area (Å²) >= 11 is 8.79. The van der Waals surface area contributed by atoms with Crippen molar-refractivity contribution in [3.05, 3.63) is 68.7 Å². The number of hydrogen-bond acceptors (Lipinski definition) is 1. The second kappa shape index (κ2) is 5.80. The van der Waals surface area contributed by atoms with E-state index in [1.54, 1.807) is 6.07 Å². The van der Waals surface area contributed by atoms with Crippen molar-refractivity contribution >= 4 is 33.3 Å². The standard InChI is InChI=1S/C14H8BrClF2O/c15-9-4-5-12(17)10(7-9)13(19)6-8-2-1-3-11(16)14(8)18/h1-5,7H,6H2. The Labute approximate surface area is 122 Å². The third-order valence-electron chi connectivity index (χ3n) is 2.61. The van der Waals surface area contributed by atoms with E-state index >= 15 is 0 Å². The Morgan fingerprint density at radius 3 is 2.68 bits per heavy atom. The van der Waals surface area contributed by atoms with E-state index in [1.165, 1.54) is 30.3 Å². The van der Waals surface area contributed by atoms with Crippen LogP contribution in [0.4, 0.5) is 8.78 Å². The number of Topliss-reactive ketones (excluding diaryl/α,β-unsaturated/α-hetero) is 1. The van der Waals surface area contributed by atoms with Crippen LogP contribution < -0.4 is 0 Å². The first-order valence-electron chi connectivity index (χ1n) is 5.40. The summed E-state index contributed by atoms with van der Waals surface area (Å²) in [5.41, 5.74) is 0.0747. The summed E-state index contributed by atoms with van der Waals surface area (Å²) in [6.45, 7) is 0. The maximum atomic E-state index is 13.7. The van der Waals surface area contributed by atoms with Gasteiger partial charge >= 0.3 is 0 Å². The molecule has 0 bridgehead atoms. The highest BCUT2D eigenvalue weighted by molar-refractivity contribution is 9.10. The zero-order valence-corrected chi connectivity index (χ0v) is 11.9. The Hall–Kier alpha value is -1.26. The van der Waals surface area contributed by atoms with Gasteiger partial charge in [0.2, 0.25) is 0 Å². The summed E-state index contributed by atoms with van der Waals surface area (Å²) in [7, 11) is 0. The van der Waals surface area contributed by atoms with E-state index in [1.807, 2.05) is 0 Å². The summed E-state index contributed by atoms with van der Waals surface area (Å²) in [5.74, 6) is -1.77. The lowest BCUT2D eigenvalue weighted by atomic mass is 10.0. The zero-order chi connectivity index (χ0) is 14.0. The Balaban J connectivity index is 2.31. The quantitative estimate of drug-likeness (QED) is 0.730. The molecule has 0 saturated carbocycles. The number of carbonyl (C=O) groups is 1. The number of halogens is 4. The molecule has 0 unspecified atom stereocenters. The van der Waals surface area contributed by atoms with E-state index in [-0.39, 0.29) is 22.6 Å². The van der Waals surface area contributed by atoms with Crippen LogP contribution in [0.5, 0.6) is 0 Å². The van der Waals surface area contributed by atoms with Crippen LogP contribution in [0, 0.1) is 11.6 Å². The van der Waals surface area contributed by atoms with E-state index in [9.17, 15) is 13.6 Å². The van der Waals surface area contributed by atoms with Crippen molar-refractivity contribution in [2.75, 3.05) is 0 Å². The molecule has 2 aromatic rings. The van der Waals surface area contributed by atoms with Crippen molar-refractivity contribution in [3.8, 4) is 0 Å². The van der Waals surface area contributed by atoms with Crippen molar-refractivity contribution in [1.82, 2.24) is 0 Å². The molecule has 98 valence electrons. The molecule has 0 spiro atoms. The lowest BCUT2D eigenvalue weighted by Crippen LogP contribution is -2.07. The van der Waals surface area contributed by atoms with E-state index in [2.05, 4.69) is 15.9 Å². The van der Waals surface area contributed by atoms with Crippen LogP contribution in [0.3, 0.4) is 0 Å². The highest BCUT2D eigenvalue weighted by Crippen LogP contribution is 2.21. The molecule has 2 aromatic carbocycles. The predicted molar refractivity (Wildman–Crippen MR) is 73.5 cm³/mol. The summed E-state index contributed by atoms with van der Waals surface area (Å²) < 4.78 is 27.8. The van der Waals surface area contributed by atoms with Gasteiger partial charge in [-0.15, -0.1) is 0 Å². The van der Waals surface area contributed by atoms with Gasteiger partial charge in [-0.1, -0.05) is 39.7 Å². The molecule has 0 N–H and O–H groups in total. The van der Waals surface area contributed by atoms with Gasteiger partial charge in [0, 0.05) is 10.9 Å². The minimum atomic E-state index is -0.645. The van der Waals surface area contributed by atoms with Gasteiger partial charge in [0.05, 0.1) is 10.6 Å². The molecule has 0 atom stereocenters. The molecule has 1 nitrogen and oxygen atoms in total. The van der Waals surface area contributed by atoms with Crippen molar-refractivity contribution < 1.29 is 13.6 Å². The highest BCUT2D eigenvalue weighted by atomic mass is 79.9. The fraction of sp³-hybridized carbons (Fsp3) is 0.0714. The second-order valence-corrected chi connectivity index (χ2v) is 5.26. The highest BCUT2D eigenvalue weighted by Gasteiger charge is 2.16. The first-order valence-corrected chi connectivity index (χ1v) is 6.57. The third-order valence-corrected chi connectivity index (χ3v) is 3.40. The summed E-state index contributed by atoms with van der Waals surface area (Å²) in [6, 6.07) is 8.45. The number of carbonyl (C=O) groups excluding carboxylic acids is 1. The van der Waals surface area contributed by atoms with E-state index in [4.69, 9.17) is 11.6 Å². The monoisotopic (exact) mass is 344 g/mol. The molecule has 0 aliphatic rings. The molecule has 0 amide bonds. The summed E-state index contributed by atoms with van der Waals surface area (Å²) in [4.78, 5) is 12.0. The Kier molecular flexibility index (Phi) is 4.32. The number of rotatable bonds is 3. The molecule has 19 heavy (non-hydrogen) atoms. The fourth-order valence-electron chi connectivity index (χ4n) is 1.66. The van der Waals surface area contributed by atoms with Gasteiger partial charge < -0.3 is 0 Å². The largest absolute Gasteiger partial charge is 0.294 e. The maximum Gasteiger partial charge on any atom is 0.170 e. The Morgan fingerprint density at radius 1 is 1.21 bits per heavy atom. The van der Waals surface area contributed by atoms with Crippen molar-refractivity contribution in [3.63, 3.8) is 0 Å². The number of benzene rings is 2. The van der Waals surface area contributed by atoms with Crippen LogP contribution in [-0.4, -0.2) is 5.78 Å². The van der Waals surface area contributed by atoms with Crippen LogP contribution in [-0.2, 0) is 6.42 Å². The van der Waals surface area contributed by atoms with Crippen molar-refractivity contribution in [2.24, 2.45) is 0 Å². The lowest BCUT2D eigenvalue weighted by molar-refractivity contribution is 0.0988. The van der Waals surface area contributed by atoms with Gasteiger partial charge in [0.25, 0.3) is 0 Å². The molecule has 0 aliphatic carbocycles. The fourth-order valence-corrected chi connectivity index (χ4v) is 2.22. The average Bonchev–Trinajstić information content (AvgIpc) is 2.38. The van der Waals surface area contributed by atoms with E-state index in [0.29, 0.717) is 4.47 Å². The molecule has 0 saturated heterocycles. The van der Waals surface area contributed by atoms with Gasteiger partial charge in [-0.3, -0.25) is 4.79 Å². The SMILES string of the molecule is O=C(Cc1cccc(Cl)c1F)c1cc(Br)ccc1F. The molecule has 5 heteroatoms. The number of ketones is 1. The minimum absolute atomic E-state index is 0.0555. The molecule has 0 aliphatic heterocycles. The van der Waals surface area contributed by atoms with Gasteiger partial charge in [-0.2, -0.15) is 0 Å². The van der Waals surface area contributed by atoms with Crippen LogP contribution in [0.15, 0.2) is 40.9 Å². The van der Waals surface area contributed by atoms with Crippen molar-refractivity contribution in [2.45, 2.75) is 6.42 Å². The number of hydrogen-bond donors (Lipinski definition) is 0. The molecular weight excluding hydrogens is 338 g/mol. The smallest absolute Gasteiger partial charge is 0.170 e. The average molecular weight is 346 g/mol. The lowest BCUT2D eigenvalue weighted by Gasteiger charge is -2.05. The van der Waals surface area contributed by atoms with Crippen LogP contribution in [0.2, 0.25) is 5.02 Å². The first kappa shape index (κ1) is 14.2. The maximum absolute atomic E-state index is 13.7. The van der Waals surface area contributed by atoms with Gasteiger partial charge in [-0.05, 0) is 29.8 Å².